The van der Waals surface area contributed by atoms with Crippen molar-refractivity contribution >= 4 is 44.9 Å². The van der Waals surface area contributed by atoms with E-state index >= 15 is 0 Å². The normalized spacial score (nSPS) is 10.1. The van der Waals surface area contributed by atoms with Crippen LogP contribution in [0.3, 0.4) is 0 Å². The summed E-state index contributed by atoms with van der Waals surface area (Å²) in [6, 6.07) is 0. The molecule has 72 valence electrons. The Morgan fingerprint density at radius 1 is 1.69 bits per heavy atom. The molecule has 0 fully saturated rings. The van der Waals surface area contributed by atoms with Gasteiger partial charge in [0.25, 0.3) is 0 Å². The van der Waals surface area contributed by atoms with Crippen LogP contribution in [0.1, 0.15) is 22.2 Å². The highest BCUT2D eigenvalue weighted by molar-refractivity contribution is 14.1. The Kier molecular flexibility index (Phi) is 3.55. The van der Waals surface area contributed by atoms with Crippen molar-refractivity contribution in [2.75, 3.05) is 12.3 Å². The molecule has 2 N–H and O–H groups in total. The lowest BCUT2D eigenvalue weighted by molar-refractivity contribution is 0.0531. The lowest BCUT2D eigenvalue weighted by Crippen LogP contribution is -2.03. The Labute approximate surface area is 94.4 Å². The van der Waals surface area contributed by atoms with Crippen molar-refractivity contribution in [3.63, 3.8) is 0 Å². The number of carbonyl (C=O) groups excluding carboxylic acids is 1. The summed E-state index contributed by atoms with van der Waals surface area (Å²) in [5.41, 5.74) is 6.60. The molecule has 1 aromatic heterocycles. The monoisotopic (exact) mass is 311 g/mol. The molecule has 0 aliphatic heterocycles. The lowest BCUT2D eigenvalue weighted by Gasteiger charge is -1.98. The predicted molar refractivity (Wildman–Crippen MR) is 62.1 cm³/mol. The zero-order valence-corrected chi connectivity index (χ0v) is 10.4. The van der Waals surface area contributed by atoms with E-state index in [4.69, 9.17) is 10.5 Å². The van der Waals surface area contributed by atoms with Crippen molar-refractivity contribution in [2.24, 2.45) is 0 Å². The van der Waals surface area contributed by atoms with Gasteiger partial charge in [0.1, 0.15) is 9.88 Å². The standard InChI is InChI=1S/C8H10INO2S/c1-3-12-8(11)6-4(2)5(9)7(10)13-6/h3,10H2,1-2H3. The SMILES string of the molecule is CCOC(=O)c1sc(N)c(I)c1C. The smallest absolute Gasteiger partial charge is 0.348 e. The molecule has 0 radical (unpaired) electrons. The molecule has 3 nitrogen and oxygen atoms in total. The molecule has 0 aliphatic rings. The number of nitrogen functional groups attached to an aromatic ring is 1. The van der Waals surface area contributed by atoms with E-state index in [0.717, 1.165) is 9.13 Å². The molecule has 0 saturated heterocycles. The van der Waals surface area contributed by atoms with E-state index in [2.05, 4.69) is 22.6 Å². The second-order valence-corrected chi connectivity index (χ2v) is 4.59. The van der Waals surface area contributed by atoms with Crippen LogP contribution in [0.2, 0.25) is 0 Å². The minimum Gasteiger partial charge on any atom is -0.462 e. The highest BCUT2D eigenvalue weighted by atomic mass is 127. The van der Waals surface area contributed by atoms with E-state index in [1.54, 1.807) is 6.92 Å². The van der Waals surface area contributed by atoms with E-state index in [-0.39, 0.29) is 5.97 Å². The number of ether oxygens (including phenoxy) is 1. The molecule has 5 heteroatoms. The molecule has 0 unspecified atom stereocenters. The van der Waals surface area contributed by atoms with E-state index < -0.39 is 0 Å². The number of hydrogen-bond donors (Lipinski definition) is 1. The van der Waals surface area contributed by atoms with Crippen molar-refractivity contribution in [2.45, 2.75) is 13.8 Å². The average Bonchev–Trinajstić information content (AvgIpc) is 2.33. The number of hydrogen-bond acceptors (Lipinski definition) is 4. The van der Waals surface area contributed by atoms with E-state index in [9.17, 15) is 4.79 Å². The van der Waals surface area contributed by atoms with Gasteiger partial charge in [-0.3, -0.25) is 0 Å². The maximum Gasteiger partial charge on any atom is 0.348 e. The van der Waals surface area contributed by atoms with Crippen molar-refractivity contribution < 1.29 is 9.53 Å². The Morgan fingerprint density at radius 3 is 2.69 bits per heavy atom. The summed E-state index contributed by atoms with van der Waals surface area (Å²) in [6.07, 6.45) is 0. The molecule has 0 aromatic carbocycles. The second kappa shape index (κ2) is 4.28. The minimum absolute atomic E-state index is 0.278. The van der Waals surface area contributed by atoms with Gasteiger partial charge in [0, 0.05) is 0 Å². The van der Waals surface area contributed by atoms with Crippen LogP contribution in [0.15, 0.2) is 0 Å². The van der Waals surface area contributed by atoms with Gasteiger partial charge in [-0.05, 0) is 42.0 Å². The van der Waals surface area contributed by atoms with Crippen LogP contribution in [0.4, 0.5) is 5.00 Å². The molecule has 0 atom stereocenters. The molecular weight excluding hydrogens is 301 g/mol. The molecule has 1 aromatic rings. The van der Waals surface area contributed by atoms with Gasteiger partial charge in [-0.25, -0.2) is 4.79 Å². The van der Waals surface area contributed by atoms with Gasteiger partial charge in [-0.1, -0.05) is 0 Å². The molecular formula is C8H10INO2S. The Balaban J connectivity index is 3.01. The largest absolute Gasteiger partial charge is 0.462 e. The molecule has 13 heavy (non-hydrogen) atoms. The van der Waals surface area contributed by atoms with Crippen molar-refractivity contribution in [1.29, 1.82) is 0 Å². The van der Waals surface area contributed by atoms with Crippen LogP contribution in [0.25, 0.3) is 0 Å². The third-order valence-corrected chi connectivity index (χ3v) is 4.42. The summed E-state index contributed by atoms with van der Waals surface area (Å²) in [5, 5.41) is 0.682. The van der Waals surface area contributed by atoms with Gasteiger partial charge in [0.05, 0.1) is 10.2 Å². The number of anilines is 1. The van der Waals surface area contributed by atoms with E-state index in [0.29, 0.717) is 16.5 Å². The third-order valence-electron chi connectivity index (χ3n) is 1.56. The Hall–Kier alpha value is -0.300. The number of carbonyl (C=O) groups is 1. The zero-order chi connectivity index (χ0) is 10.0. The number of thiophene rings is 1. The van der Waals surface area contributed by atoms with Gasteiger partial charge in [-0.2, -0.15) is 0 Å². The molecule has 0 amide bonds. The van der Waals surface area contributed by atoms with Crippen molar-refractivity contribution in [1.82, 2.24) is 0 Å². The van der Waals surface area contributed by atoms with Crippen LogP contribution in [0.5, 0.6) is 0 Å². The molecule has 1 rings (SSSR count). The summed E-state index contributed by atoms with van der Waals surface area (Å²) >= 11 is 3.41. The first-order chi connectivity index (χ1) is 6.07. The molecule has 0 spiro atoms. The fraction of sp³-hybridized carbons (Fsp3) is 0.375. The third kappa shape index (κ3) is 2.14. The van der Waals surface area contributed by atoms with Gasteiger partial charge >= 0.3 is 5.97 Å². The fourth-order valence-corrected chi connectivity index (χ4v) is 2.55. The van der Waals surface area contributed by atoms with E-state index in [1.165, 1.54) is 11.3 Å². The highest BCUT2D eigenvalue weighted by Gasteiger charge is 2.17. The van der Waals surface area contributed by atoms with Crippen LogP contribution < -0.4 is 5.73 Å². The van der Waals surface area contributed by atoms with Gasteiger partial charge in [0.15, 0.2) is 0 Å². The Bertz CT molecular complexity index is 335. The first kappa shape index (κ1) is 10.8. The maximum atomic E-state index is 11.4. The van der Waals surface area contributed by atoms with Crippen LogP contribution >= 0.6 is 33.9 Å². The summed E-state index contributed by atoms with van der Waals surface area (Å²) < 4.78 is 5.84. The zero-order valence-electron chi connectivity index (χ0n) is 7.39. The van der Waals surface area contributed by atoms with Gasteiger partial charge in [-0.15, -0.1) is 11.3 Å². The number of halogens is 1. The van der Waals surface area contributed by atoms with Gasteiger partial charge < -0.3 is 10.5 Å². The quantitative estimate of drug-likeness (QED) is 0.674. The summed E-state index contributed by atoms with van der Waals surface area (Å²) in [5.74, 6) is -0.278. The van der Waals surface area contributed by atoms with E-state index in [1.807, 2.05) is 6.92 Å². The predicted octanol–water partition coefficient (Wildman–Crippen LogP) is 2.42. The van der Waals surface area contributed by atoms with Crippen molar-refractivity contribution in [3.8, 4) is 0 Å². The lowest BCUT2D eigenvalue weighted by atomic mass is 10.3. The Morgan fingerprint density at radius 2 is 2.31 bits per heavy atom. The first-order valence-corrected chi connectivity index (χ1v) is 5.69. The fourth-order valence-electron chi connectivity index (χ4n) is 0.907. The molecule has 0 bridgehead atoms. The summed E-state index contributed by atoms with van der Waals surface area (Å²) in [7, 11) is 0. The van der Waals surface area contributed by atoms with Crippen LogP contribution in [-0.4, -0.2) is 12.6 Å². The highest BCUT2D eigenvalue weighted by Crippen LogP contribution is 2.31. The molecule has 0 saturated carbocycles. The average molecular weight is 311 g/mol. The van der Waals surface area contributed by atoms with Crippen LogP contribution in [0, 0.1) is 10.5 Å². The molecule has 0 aliphatic carbocycles. The topological polar surface area (TPSA) is 52.3 Å². The number of esters is 1. The summed E-state index contributed by atoms with van der Waals surface area (Å²) in [4.78, 5) is 12.0. The minimum atomic E-state index is -0.278. The number of nitrogens with two attached hydrogens (primary N) is 1. The maximum absolute atomic E-state index is 11.4. The first-order valence-electron chi connectivity index (χ1n) is 3.79. The second-order valence-electron chi connectivity index (χ2n) is 2.45. The van der Waals surface area contributed by atoms with Gasteiger partial charge in [0.2, 0.25) is 0 Å². The molecule has 1 heterocycles. The van der Waals surface area contributed by atoms with Crippen LogP contribution in [-0.2, 0) is 4.74 Å². The number of rotatable bonds is 2. The van der Waals surface area contributed by atoms with Crippen molar-refractivity contribution in [3.05, 3.63) is 14.0 Å². The summed E-state index contributed by atoms with van der Waals surface area (Å²) in [6.45, 7) is 4.06.